The Kier molecular flexibility index (Phi) is 7.03. The number of hydrogen-bond acceptors (Lipinski definition) is 4. The third-order valence-electron chi connectivity index (χ3n) is 8.68. The van der Waals surface area contributed by atoms with E-state index in [1.165, 1.54) is 5.56 Å². The van der Waals surface area contributed by atoms with Gasteiger partial charge in [-0.3, -0.25) is 4.57 Å². The second kappa shape index (κ2) is 11.7. The molecule has 3 aromatic heterocycles. The molecule has 0 unspecified atom stereocenters. The van der Waals surface area contributed by atoms with Crippen LogP contribution < -0.4 is 9.47 Å². The van der Waals surface area contributed by atoms with Crippen LogP contribution in [0.2, 0.25) is 0 Å². The monoisotopic (exact) mass is 612 g/mol. The van der Waals surface area contributed by atoms with Crippen molar-refractivity contribution in [3.8, 4) is 51.0 Å². The minimum Gasteiger partial charge on any atom is -0.497 e. The van der Waals surface area contributed by atoms with Gasteiger partial charge in [0.15, 0.2) is 0 Å². The number of nitrogens with zero attached hydrogens (tertiary/aromatic N) is 4. The summed E-state index contributed by atoms with van der Waals surface area (Å²) in [5.74, 6) is 2.97. The maximum atomic E-state index is 6.54. The van der Waals surface area contributed by atoms with Gasteiger partial charge in [0.2, 0.25) is 0 Å². The molecule has 0 saturated carbocycles. The van der Waals surface area contributed by atoms with Crippen molar-refractivity contribution in [1.29, 1.82) is 0 Å². The van der Waals surface area contributed by atoms with Gasteiger partial charge >= 0.3 is 0 Å². The molecule has 0 spiro atoms. The van der Waals surface area contributed by atoms with Crippen LogP contribution in [0.25, 0.3) is 55.6 Å². The average molecular weight is 613 g/mol. The van der Waals surface area contributed by atoms with E-state index in [0.717, 1.165) is 78.6 Å². The van der Waals surface area contributed by atoms with Gasteiger partial charge in [0.1, 0.15) is 23.1 Å². The zero-order chi connectivity index (χ0) is 31.9. The van der Waals surface area contributed by atoms with E-state index >= 15 is 0 Å². The highest BCUT2D eigenvalue weighted by atomic mass is 16.5. The molecule has 47 heavy (non-hydrogen) atoms. The van der Waals surface area contributed by atoms with Crippen molar-refractivity contribution >= 4 is 21.8 Å². The van der Waals surface area contributed by atoms with Crippen LogP contribution in [-0.4, -0.2) is 26.4 Å². The van der Waals surface area contributed by atoms with Crippen LogP contribution >= 0.6 is 0 Å². The second-order valence-electron chi connectivity index (χ2n) is 11.6. The summed E-state index contributed by atoms with van der Waals surface area (Å²) in [6.07, 6.45) is 1.78. The second-order valence-corrected chi connectivity index (χ2v) is 11.6. The highest BCUT2D eigenvalue weighted by molar-refractivity contribution is 6.10. The molecule has 0 atom stereocenters. The van der Waals surface area contributed by atoms with Crippen LogP contribution in [0.4, 0.5) is 0 Å². The van der Waals surface area contributed by atoms with E-state index in [4.69, 9.17) is 19.6 Å². The predicted molar refractivity (Wildman–Crippen MR) is 189 cm³/mol. The summed E-state index contributed by atoms with van der Waals surface area (Å²) in [5.41, 5.74) is 9.69. The smallest absolute Gasteiger partial charge is 0.141 e. The molecule has 0 aliphatic carbocycles. The SMILES string of the molecule is COc1ccnc(-n2c3ccc(-c4ccccc4)cc3c3ccc(Oc4cccc(-n5nc(C)c(-c6ccccc6)c5C)c4)cc32)c1. The predicted octanol–water partition coefficient (Wildman–Crippen LogP) is 10.1. The van der Waals surface area contributed by atoms with Crippen LogP contribution in [0, 0.1) is 13.8 Å². The Morgan fingerprint density at radius 1 is 0.574 bits per heavy atom. The minimum absolute atomic E-state index is 0.725. The number of ether oxygens (including phenoxy) is 2. The van der Waals surface area contributed by atoms with Gasteiger partial charge in [-0.25, -0.2) is 9.67 Å². The number of pyridine rings is 1. The standard InChI is InChI=1S/C41H32N4O2/c1-27-41(30-13-8-5-9-14-30)28(2)45(43-27)32-15-10-16-34(24-32)47-35-18-19-36-37-23-31(29-11-6-4-7-12-29)17-20-38(37)44(39(36)25-35)40-26-33(46-3)21-22-42-40/h4-26H,1-3H3. The number of rotatable bonds is 7. The van der Waals surface area contributed by atoms with Gasteiger partial charge in [0.05, 0.1) is 29.5 Å². The van der Waals surface area contributed by atoms with Crippen molar-refractivity contribution in [2.75, 3.05) is 7.11 Å². The van der Waals surface area contributed by atoms with Crippen LogP contribution in [0.15, 0.2) is 140 Å². The maximum Gasteiger partial charge on any atom is 0.141 e. The first-order valence-corrected chi connectivity index (χ1v) is 15.6. The average Bonchev–Trinajstić information content (AvgIpc) is 3.61. The maximum absolute atomic E-state index is 6.54. The quantitative estimate of drug-likeness (QED) is 0.180. The molecule has 6 nitrogen and oxygen atoms in total. The summed E-state index contributed by atoms with van der Waals surface area (Å²) in [6.45, 7) is 4.17. The van der Waals surface area contributed by atoms with E-state index in [1.54, 1.807) is 13.3 Å². The molecule has 0 N–H and O–H groups in total. The van der Waals surface area contributed by atoms with Crippen molar-refractivity contribution in [2.45, 2.75) is 13.8 Å². The summed E-state index contributed by atoms with van der Waals surface area (Å²) in [6, 6.07) is 45.6. The number of fused-ring (bicyclic) bond motifs is 3. The molecule has 0 aliphatic heterocycles. The Morgan fingerprint density at radius 2 is 1.34 bits per heavy atom. The molecule has 0 amide bonds. The summed E-state index contributed by atoms with van der Waals surface area (Å²) in [5, 5.41) is 7.15. The lowest BCUT2D eigenvalue weighted by Gasteiger charge is -2.11. The Bertz CT molecular complexity index is 2390. The molecule has 0 saturated heterocycles. The molecular weight excluding hydrogens is 580 g/mol. The van der Waals surface area contributed by atoms with Crippen molar-refractivity contribution < 1.29 is 9.47 Å². The first-order valence-electron chi connectivity index (χ1n) is 15.6. The molecule has 8 aromatic rings. The van der Waals surface area contributed by atoms with E-state index in [9.17, 15) is 0 Å². The summed E-state index contributed by atoms with van der Waals surface area (Å²) < 4.78 is 16.3. The fourth-order valence-corrected chi connectivity index (χ4v) is 6.50. The van der Waals surface area contributed by atoms with E-state index in [2.05, 4.69) is 103 Å². The van der Waals surface area contributed by atoms with E-state index in [1.807, 2.05) is 53.2 Å². The molecular formula is C41H32N4O2. The van der Waals surface area contributed by atoms with Gasteiger partial charge < -0.3 is 9.47 Å². The zero-order valence-electron chi connectivity index (χ0n) is 26.4. The lowest BCUT2D eigenvalue weighted by Crippen LogP contribution is -2.00. The van der Waals surface area contributed by atoms with Crippen LogP contribution in [0.5, 0.6) is 17.2 Å². The molecule has 8 rings (SSSR count). The molecule has 6 heteroatoms. The molecule has 0 fully saturated rings. The van der Waals surface area contributed by atoms with Gasteiger partial charge in [-0.1, -0.05) is 72.8 Å². The zero-order valence-corrected chi connectivity index (χ0v) is 26.4. The van der Waals surface area contributed by atoms with E-state index < -0.39 is 0 Å². The van der Waals surface area contributed by atoms with Crippen molar-refractivity contribution in [2.24, 2.45) is 0 Å². The van der Waals surface area contributed by atoms with Crippen molar-refractivity contribution in [3.63, 3.8) is 0 Å². The van der Waals surface area contributed by atoms with Crippen molar-refractivity contribution in [1.82, 2.24) is 19.3 Å². The van der Waals surface area contributed by atoms with Gasteiger partial charge in [0, 0.05) is 46.4 Å². The summed E-state index contributed by atoms with van der Waals surface area (Å²) in [4.78, 5) is 4.74. The lowest BCUT2D eigenvalue weighted by atomic mass is 10.0. The number of benzene rings is 5. The number of hydrogen-bond donors (Lipinski definition) is 0. The molecule has 5 aromatic carbocycles. The van der Waals surface area contributed by atoms with Crippen LogP contribution in [0.1, 0.15) is 11.4 Å². The first-order chi connectivity index (χ1) is 23.1. The molecule has 228 valence electrons. The molecule has 0 bridgehead atoms. The Morgan fingerprint density at radius 3 is 2.13 bits per heavy atom. The third-order valence-corrected chi connectivity index (χ3v) is 8.68. The Labute approximate surface area is 273 Å². The highest BCUT2D eigenvalue weighted by Gasteiger charge is 2.17. The molecule has 3 heterocycles. The largest absolute Gasteiger partial charge is 0.497 e. The van der Waals surface area contributed by atoms with E-state index in [0.29, 0.717) is 0 Å². The molecule has 0 radical (unpaired) electrons. The van der Waals surface area contributed by atoms with Gasteiger partial charge in [-0.05, 0) is 73.0 Å². The fourth-order valence-electron chi connectivity index (χ4n) is 6.50. The third kappa shape index (κ3) is 5.10. The molecule has 0 aliphatic rings. The topological polar surface area (TPSA) is 54.1 Å². The van der Waals surface area contributed by atoms with Crippen molar-refractivity contribution in [3.05, 3.63) is 151 Å². The number of methoxy groups -OCH3 is 1. The summed E-state index contributed by atoms with van der Waals surface area (Å²) in [7, 11) is 1.67. The first kappa shape index (κ1) is 28.3. The minimum atomic E-state index is 0.725. The van der Waals surface area contributed by atoms with Crippen LogP contribution in [-0.2, 0) is 0 Å². The van der Waals surface area contributed by atoms with Gasteiger partial charge in [0.25, 0.3) is 0 Å². The summed E-state index contributed by atoms with van der Waals surface area (Å²) >= 11 is 0. The highest BCUT2D eigenvalue weighted by Crippen LogP contribution is 2.38. The fraction of sp³-hybridized carbons (Fsp3) is 0.0732. The van der Waals surface area contributed by atoms with Gasteiger partial charge in [-0.15, -0.1) is 0 Å². The van der Waals surface area contributed by atoms with Gasteiger partial charge in [-0.2, -0.15) is 5.10 Å². The number of aryl methyl sites for hydroxylation is 1. The lowest BCUT2D eigenvalue weighted by molar-refractivity contribution is 0.414. The normalized spacial score (nSPS) is 11.3. The Hall–Kier alpha value is -6.14. The number of aromatic nitrogens is 4. The van der Waals surface area contributed by atoms with E-state index in [-0.39, 0.29) is 0 Å². The Balaban J connectivity index is 1.22. The van der Waals surface area contributed by atoms with Crippen LogP contribution in [0.3, 0.4) is 0 Å².